The van der Waals surface area contributed by atoms with Crippen LogP contribution in [-0.4, -0.2) is 40.3 Å². The molecule has 0 saturated heterocycles. The average Bonchev–Trinajstić information content (AvgIpc) is 3.03. The lowest BCUT2D eigenvalue weighted by molar-refractivity contribution is -0.127. The Morgan fingerprint density at radius 1 is 1.19 bits per heavy atom. The van der Waals surface area contributed by atoms with Crippen molar-refractivity contribution in [3.05, 3.63) is 54.1 Å². The van der Waals surface area contributed by atoms with Crippen LogP contribution in [0.25, 0.3) is 11.0 Å². The second-order valence-electron chi connectivity index (χ2n) is 5.98. The van der Waals surface area contributed by atoms with Gasteiger partial charge in [-0.25, -0.2) is 4.98 Å². The lowest BCUT2D eigenvalue weighted by atomic mass is 10.2. The molecule has 0 saturated carbocycles. The zero-order valence-corrected chi connectivity index (χ0v) is 16.1. The van der Waals surface area contributed by atoms with Crippen LogP contribution in [0, 0.1) is 0 Å². The molecule has 0 aliphatic rings. The van der Waals surface area contributed by atoms with Crippen LogP contribution in [-0.2, 0) is 17.9 Å². The van der Waals surface area contributed by atoms with E-state index >= 15 is 0 Å². The molecule has 0 N–H and O–H groups in total. The molecule has 5 nitrogen and oxygen atoms in total. The van der Waals surface area contributed by atoms with Gasteiger partial charge >= 0.3 is 0 Å². The van der Waals surface area contributed by atoms with Crippen molar-refractivity contribution in [3.8, 4) is 5.75 Å². The molecule has 0 spiro atoms. The van der Waals surface area contributed by atoms with Crippen LogP contribution in [0.3, 0.4) is 0 Å². The van der Waals surface area contributed by atoms with Crippen LogP contribution < -0.4 is 4.74 Å². The first-order chi connectivity index (χ1) is 12.6. The third-order valence-electron chi connectivity index (χ3n) is 4.29. The SMILES string of the molecule is CCn1c(SCC(=O)N(C)Cc2ccccc2OC)nc2ccccc21. The van der Waals surface area contributed by atoms with E-state index in [1.807, 2.05) is 49.5 Å². The highest BCUT2D eigenvalue weighted by Gasteiger charge is 2.15. The van der Waals surface area contributed by atoms with Crippen LogP contribution in [0.1, 0.15) is 12.5 Å². The average molecular weight is 369 g/mol. The fourth-order valence-corrected chi connectivity index (χ4v) is 3.90. The Bertz CT molecular complexity index is 907. The molecule has 3 rings (SSSR count). The summed E-state index contributed by atoms with van der Waals surface area (Å²) >= 11 is 1.48. The number of para-hydroxylation sites is 3. The number of benzene rings is 2. The predicted molar refractivity (Wildman–Crippen MR) is 106 cm³/mol. The number of hydrogen-bond acceptors (Lipinski definition) is 4. The van der Waals surface area contributed by atoms with Gasteiger partial charge in [-0.3, -0.25) is 4.79 Å². The number of aromatic nitrogens is 2. The minimum absolute atomic E-state index is 0.0654. The van der Waals surface area contributed by atoms with E-state index in [4.69, 9.17) is 4.74 Å². The number of thioether (sulfide) groups is 1. The molecule has 0 unspecified atom stereocenters. The Kier molecular flexibility index (Phi) is 5.83. The molecule has 6 heteroatoms. The maximum absolute atomic E-state index is 12.6. The Morgan fingerprint density at radius 3 is 2.69 bits per heavy atom. The van der Waals surface area contributed by atoms with Gasteiger partial charge in [-0.05, 0) is 25.1 Å². The number of ether oxygens (including phenoxy) is 1. The Balaban J connectivity index is 1.67. The summed E-state index contributed by atoms with van der Waals surface area (Å²) in [5.41, 5.74) is 3.07. The fraction of sp³-hybridized carbons (Fsp3) is 0.300. The van der Waals surface area contributed by atoms with Crippen LogP contribution in [0.15, 0.2) is 53.7 Å². The first kappa shape index (κ1) is 18.3. The monoisotopic (exact) mass is 369 g/mol. The van der Waals surface area contributed by atoms with Crippen LogP contribution in [0.4, 0.5) is 0 Å². The van der Waals surface area contributed by atoms with E-state index in [0.29, 0.717) is 12.3 Å². The molecule has 0 atom stereocenters. The molecule has 0 radical (unpaired) electrons. The number of amides is 1. The standard InChI is InChI=1S/C20H23N3O2S/c1-4-23-17-11-7-6-10-16(17)21-20(23)26-14-19(24)22(2)13-15-9-5-8-12-18(15)25-3/h5-12H,4,13-14H2,1-3H3. The van der Waals surface area contributed by atoms with E-state index in [0.717, 1.165) is 34.0 Å². The second-order valence-corrected chi connectivity index (χ2v) is 6.92. The lowest BCUT2D eigenvalue weighted by Crippen LogP contribution is -2.28. The summed E-state index contributed by atoms with van der Waals surface area (Å²) in [5, 5.41) is 0.882. The lowest BCUT2D eigenvalue weighted by Gasteiger charge is -2.18. The number of methoxy groups -OCH3 is 1. The van der Waals surface area contributed by atoms with Gasteiger partial charge in [0.05, 0.1) is 23.9 Å². The number of fused-ring (bicyclic) bond motifs is 1. The summed E-state index contributed by atoms with van der Waals surface area (Å²) in [6.07, 6.45) is 0. The summed E-state index contributed by atoms with van der Waals surface area (Å²) in [7, 11) is 3.46. The van der Waals surface area contributed by atoms with E-state index in [1.54, 1.807) is 12.0 Å². The Hall–Kier alpha value is -2.47. The van der Waals surface area contributed by atoms with Gasteiger partial charge in [-0.15, -0.1) is 0 Å². The second kappa shape index (κ2) is 8.27. The molecule has 0 bridgehead atoms. The van der Waals surface area contributed by atoms with E-state index in [2.05, 4.69) is 22.5 Å². The molecule has 0 aliphatic heterocycles. The van der Waals surface area contributed by atoms with Crippen molar-refractivity contribution in [1.29, 1.82) is 0 Å². The number of imidazole rings is 1. The smallest absolute Gasteiger partial charge is 0.233 e. The first-order valence-corrected chi connectivity index (χ1v) is 9.56. The maximum Gasteiger partial charge on any atom is 0.233 e. The number of nitrogens with zero attached hydrogens (tertiary/aromatic N) is 3. The number of carbonyl (C=O) groups excluding carboxylic acids is 1. The minimum atomic E-state index is 0.0654. The molecule has 1 aromatic heterocycles. The quantitative estimate of drug-likeness (QED) is 0.594. The topological polar surface area (TPSA) is 47.4 Å². The highest BCUT2D eigenvalue weighted by Crippen LogP contribution is 2.25. The zero-order chi connectivity index (χ0) is 18.5. The zero-order valence-electron chi connectivity index (χ0n) is 15.3. The number of hydrogen-bond donors (Lipinski definition) is 0. The van der Waals surface area contributed by atoms with Crippen molar-refractivity contribution in [2.45, 2.75) is 25.2 Å². The van der Waals surface area contributed by atoms with Gasteiger partial charge in [0.15, 0.2) is 5.16 Å². The van der Waals surface area contributed by atoms with E-state index in [9.17, 15) is 4.79 Å². The largest absolute Gasteiger partial charge is 0.496 e. The normalized spacial score (nSPS) is 10.9. The van der Waals surface area contributed by atoms with Crippen LogP contribution in [0.2, 0.25) is 0 Å². The molecule has 3 aromatic rings. The van der Waals surface area contributed by atoms with Crippen molar-refractivity contribution in [3.63, 3.8) is 0 Å². The molecular formula is C20H23N3O2S. The Morgan fingerprint density at radius 2 is 1.92 bits per heavy atom. The number of rotatable bonds is 7. The van der Waals surface area contributed by atoms with Gasteiger partial charge in [-0.1, -0.05) is 42.1 Å². The fourth-order valence-electron chi connectivity index (χ4n) is 2.88. The third-order valence-corrected chi connectivity index (χ3v) is 5.25. The van der Waals surface area contributed by atoms with Crippen LogP contribution >= 0.6 is 11.8 Å². The molecule has 1 heterocycles. The molecule has 0 aliphatic carbocycles. The number of aryl methyl sites for hydroxylation is 1. The molecule has 2 aromatic carbocycles. The van der Waals surface area contributed by atoms with Crippen molar-refractivity contribution in [2.24, 2.45) is 0 Å². The summed E-state index contributed by atoms with van der Waals surface area (Å²) in [6, 6.07) is 15.8. The van der Waals surface area contributed by atoms with Gasteiger partial charge in [0.1, 0.15) is 5.75 Å². The van der Waals surface area contributed by atoms with Gasteiger partial charge < -0.3 is 14.2 Å². The third kappa shape index (κ3) is 3.85. The summed E-state index contributed by atoms with van der Waals surface area (Å²) < 4.78 is 7.51. The highest BCUT2D eigenvalue weighted by atomic mass is 32.2. The molecule has 136 valence electrons. The van der Waals surface area contributed by atoms with Gasteiger partial charge in [0, 0.05) is 25.7 Å². The van der Waals surface area contributed by atoms with Crippen LogP contribution in [0.5, 0.6) is 5.75 Å². The summed E-state index contributed by atoms with van der Waals surface area (Å²) in [5.74, 6) is 1.22. The van der Waals surface area contributed by atoms with Crippen molar-refractivity contribution in [1.82, 2.24) is 14.5 Å². The van der Waals surface area contributed by atoms with Gasteiger partial charge in [-0.2, -0.15) is 0 Å². The van der Waals surface area contributed by atoms with Gasteiger partial charge in [0.25, 0.3) is 0 Å². The number of carbonyl (C=O) groups is 1. The highest BCUT2D eigenvalue weighted by molar-refractivity contribution is 7.99. The van der Waals surface area contributed by atoms with E-state index in [1.165, 1.54) is 11.8 Å². The van der Waals surface area contributed by atoms with Crippen molar-refractivity contribution < 1.29 is 9.53 Å². The van der Waals surface area contributed by atoms with Crippen molar-refractivity contribution >= 4 is 28.7 Å². The summed E-state index contributed by atoms with van der Waals surface area (Å²) in [4.78, 5) is 18.9. The molecular weight excluding hydrogens is 346 g/mol. The maximum atomic E-state index is 12.6. The minimum Gasteiger partial charge on any atom is -0.496 e. The molecule has 26 heavy (non-hydrogen) atoms. The first-order valence-electron chi connectivity index (χ1n) is 8.58. The Labute approximate surface area is 158 Å². The van der Waals surface area contributed by atoms with E-state index in [-0.39, 0.29) is 5.91 Å². The molecule has 1 amide bonds. The summed E-state index contributed by atoms with van der Waals surface area (Å²) in [6.45, 7) is 3.44. The van der Waals surface area contributed by atoms with Gasteiger partial charge in [0.2, 0.25) is 5.91 Å². The van der Waals surface area contributed by atoms with Crippen molar-refractivity contribution in [2.75, 3.05) is 19.9 Å². The van der Waals surface area contributed by atoms with E-state index < -0.39 is 0 Å². The molecule has 0 fully saturated rings. The predicted octanol–water partition coefficient (Wildman–Crippen LogP) is 3.82.